The molecule has 2 rings (SSSR count). The highest BCUT2D eigenvalue weighted by Crippen LogP contribution is 2.05. The second kappa shape index (κ2) is 6.79. The van der Waals surface area contributed by atoms with Crippen molar-refractivity contribution in [3.63, 3.8) is 0 Å². The highest BCUT2D eigenvalue weighted by Gasteiger charge is 2.06. The molecule has 0 radical (unpaired) electrons. The Kier molecular flexibility index (Phi) is 4.81. The lowest BCUT2D eigenvalue weighted by Crippen LogP contribution is -2.23. The van der Waals surface area contributed by atoms with Gasteiger partial charge in [-0.3, -0.25) is 9.78 Å². The van der Waals surface area contributed by atoms with Crippen LogP contribution in [0, 0.1) is 0 Å². The van der Waals surface area contributed by atoms with Crippen molar-refractivity contribution in [3.8, 4) is 0 Å². The first-order chi connectivity index (χ1) is 9.72. The normalized spacial score (nSPS) is 10.3. The van der Waals surface area contributed by atoms with Gasteiger partial charge in [-0.15, -0.1) is 0 Å². The third-order valence-corrected chi connectivity index (χ3v) is 2.95. The molecule has 0 saturated heterocycles. The molecule has 0 spiro atoms. The van der Waals surface area contributed by atoms with Gasteiger partial charge < -0.3 is 16.2 Å². The van der Waals surface area contributed by atoms with Crippen molar-refractivity contribution < 1.29 is 9.90 Å². The molecule has 104 valence electrons. The van der Waals surface area contributed by atoms with Crippen molar-refractivity contribution in [2.75, 3.05) is 0 Å². The van der Waals surface area contributed by atoms with E-state index in [4.69, 9.17) is 10.8 Å². The van der Waals surface area contributed by atoms with E-state index in [1.165, 1.54) is 0 Å². The van der Waals surface area contributed by atoms with Gasteiger partial charge in [0.05, 0.1) is 12.3 Å². The Bertz CT molecular complexity index is 582. The average Bonchev–Trinajstić information content (AvgIpc) is 2.53. The number of aromatic nitrogens is 1. The van der Waals surface area contributed by atoms with Gasteiger partial charge in [0.2, 0.25) is 0 Å². The molecule has 0 saturated carbocycles. The molecule has 0 aliphatic rings. The van der Waals surface area contributed by atoms with Crippen LogP contribution in [0.3, 0.4) is 0 Å². The molecule has 2 aromatic rings. The zero-order valence-corrected chi connectivity index (χ0v) is 11.0. The van der Waals surface area contributed by atoms with Crippen LogP contribution in [0.2, 0.25) is 0 Å². The molecule has 1 aromatic heterocycles. The average molecular weight is 271 g/mol. The summed E-state index contributed by atoms with van der Waals surface area (Å²) in [4.78, 5) is 16.0. The lowest BCUT2D eigenvalue weighted by atomic mass is 10.1. The van der Waals surface area contributed by atoms with Crippen LogP contribution < -0.4 is 11.1 Å². The minimum atomic E-state index is -0.159. The molecule has 1 amide bonds. The summed E-state index contributed by atoms with van der Waals surface area (Å²) in [6.07, 6.45) is 1.58. The quantitative estimate of drug-likeness (QED) is 0.756. The highest BCUT2D eigenvalue weighted by molar-refractivity contribution is 5.94. The van der Waals surface area contributed by atoms with E-state index in [1.54, 1.807) is 18.3 Å². The number of hydrogen-bond acceptors (Lipinski definition) is 4. The van der Waals surface area contributed by atoms with Crippen molar-refractivity contribution >= 4 is 5.91 Å². The molecule has 0 fully saturated rings. The number of carbonyl (C=O) groups is 1. The summed E-state index contributed by atoms with van der Waals surface area (Å²) in [5.74, 6) is -0.159. The van der Waals surface area contributed by atoms with Crippen LogP contribution in [0.15, 0.2) is 42.6 Å². The van der Waals surface area contributed by atoms with E-state index in [1.807, 2.05) is 24.3 Å². The molecular weight excluding hydrogens is 254 g/mol. The molecular formula is C15H17N3O2. The number of nitrogens with two attached hydrogens (primary N) is 1. The van der Waals surface area contributed by atoms with Gasteiger partial charge in [0.1, 0.15) is 0 Å². The van der Waals surface area contributed by atoms with Crippen molar-refractivity contribution in [3.05, 3.63) is 65.0 Å². The summed E-state index contributed by atoms with van der Waals surface area (Å²) >= 11 is 0. The van der Waals surface area contributed by atoms with Crippen LogP contribution in [0.1, 0.15) is 27.2 Å². The van der Waals surface area contributed by atoms with Crippen LogP contribution in [0.5, 0.6) is 0 Å². The Morgan fingerprint density at radius 3 is 2.55 bits per heavy atom. The van der Waals surface area contributed by atoms with Gasteiger partial charge in [-0.25, -0.2) is 0 Å². The third-order valence-electron chi connectivity index (χ3n) is 2.95. The van der Waals surface area contributed by atoms with E-state index in [0.29, 0.717) is 24.3 Å². The summed E-state index contributed by atoms with van der Waals surface area (Å²) in [5, 5.41) is 11.8. The van der Waals surface area contributed by atoms with Gasteiger partial charge in [0, 0.05) is 24.8 Å². The monoisotopic (exact) mass is 271 g/mol. The largest absolute Gasteiger partial charge is 0.392 e. The number of rotatable bonds is 5. The SMILES string of the molecule is NCc1cc(C(=O)NCc2ccc(CO)cc2)ccn1. The predicted octanol–water partition coefficient (Wildman–Crippen LogP) is 0.963. The lowest BCUT2D eigenvalue weighted by molar-refractivity contribution is 0.0950. The fourth-order valence-corrected chi connectivity index (χ4v) is 1.78. The second-order valence-corrected chi connectivity index (χ2v) is 4.40. The summed E-state index contributed by atoms with van der Waals surface area (Å²) in [6, 6.07) is 10.8. The number of amides is 1. The molecule has 5 heteroatoms. The predicted molar refractivity (Wildman–Crippen MR) is 75.7 cm³/mol. The number of aliphatic hydroxyl groups excluding tert-OH is 1. The van der Waals surface area contributed by atoms with E-state index in [-0.39, 0.29) is 12.5 Å². The Labute approximate surface area is 117 Å². The van der Waals surface area contributed by atoms with Gasteiger partial charge in [-0.1, -0.05) is 24.3 Å². The fourth-order valence-electron chi connectivity index (χ4n) is 1.78. The second-order valence-electron chi connectivity index (χ2n) is 4.40. The first-order valence-electron chi connectivity index (χ1n) is 6.35. The molecule has 4 N–H and O–H groups in total. The first-order valence-corrected chi connectivity index (χ1v) is 6.35. The van der Waals surface area contributed by atoms with Crippen LogP contribution in [0.25, 0.3) is 0 Å². The van der Waals surface area contributed by atoms with E-state index in [9.17, 15) is 4.79 Å². The number of aliphatic hydroxyl groups is 1. The van der Waals surface area contributed by atoms with Crippen LogP contribution in [-0.4, -0.2) is 16.0 Å². The maximum Gasteiger partial charge on any atom is 0.251 e. The van der Waals surface area contributed by atoms with Crippen molar-refractivity contribution in [2.45, 2.75) is 19.7 Å². The molecule has 0 atom stereocenters. The topological polar surface area (TPSA) is 88.2 Å². The minimum absolute atomic E-state index is 0.0194. The van der Waals surface area contributed by atoms with E-state index in [0.717, 1.165) is 11.1 Å². The maximum atomic E-state index is 12.0. The molecule has 0 bridgehead atoms. The van der Waals surface area contributed by atoms with E-state index in [2.05, 4.69) is 10.3 Å². The zero-order chi connectivity index (χ0) is 14.4. The molecule has 0 aliphatic heterocycles. The summed E-state index contributed by atoms with van der Waals surface area (Å²) in [5.41, 5.74) is 8.55. The number of hydrogen-bond donors (Lipinski definition) is 3. The maximum absolute atomic E-state index is 12.0. The number of nitrogens with zero attached hydrogens (tertiary/aromatic N) is 1. The van der Waals surface area contributed by atoms with Crippen molar-refractivity contribution in [2.24, 2.45) is 5.73 Å². The smallest absolute Gasteiger partial charge is 0.251 e. The summed E-state index contributed by atoms with van der Waals surface area (Å²) in [6.45, 7) is 0.764. The number of pyridine rings is 1. The Morgan fingerprint density at radius 2 is 1.90 bits per heavy atom. The van der Waals surface area contributed by atoms with Gasteiger partial charge in [-0.2, -0.15) is 0 Å². The lowest BCUT2D eigenvalue weighted by Gasteiger charge is -2.07. The molecule has 1 heterocycles. The van der Waals surface area contributed by atoms with E-state index >= 15 is 0 Å². The number of carbonyl (C=O) groups excluding carboxylic acids is 1. The van der Waals surface area contributed by atoms with Gasteiger partial charge in [0.15, 0.2) is 0 Å². The zero-order valence-electron chi connectivity index (χ0n) is 11.0. The Balaban J connectivity index is 1.97. The van der Waals surface area contributed by atoms with Crippen LogP contribution in [0.4, 0.5) is 0 Å². The summed E-state index contributed by atoms with van der Waals surface area (Å²) in [7, 11) is 0. The van der Waals surface area contributed by atoms with Gasteiger partial charge in [-0.05, 0) is 23.3 Å². The van der Waals surface area contributed by atoms with Crippen molar-refractivity contribution in [1.82, 2.24) is 10.3 Å². The van der Waals surface area contributed by atoms with Gasteiger partial charge >= 0.3 is 0 Å². The fraction of sp³-hybridized carbons (Fsp3) is 0.200. The molecule has 1 aromatic carbocycles. The highest BCUT2D eigenvalue weighted by atomic mass is 16.3. The van der Waals surface area contributed by atoms with E-state index < -0.39 is 0 Å². The third kappa shape index (κ3) is 3.63. The summed E-state index contributed by atoms with van der Waals surface area (Å²) < 4.78 is 0. The van der Waals surface area contributed by atoms with Gasteiger partial charge in [0.25, 0.3) is 5.91 Å². The molecule has 0 aliphatic carbocycles. The number of benzene rings is 1. The first kappa shape index (κ1) is 14.2. The molecule has 0 unspecified atom stereocenters. The molecule has 20 heavy (non-hydrogen) atoms. The minimum Gasteiger partial charge on any atom is -0.392 e. The molecule has 5 nitrogen and oxygen atoms in total. The van der Waals surface area contributed by atoms with Crippen LogP contribution in [-0.2, 0) is 19.7 Å². The standard InChI is InChI=1S/C15H17N3O2/c16-8-14-7-13(5-6-17-14)15(20)18-9-11-1-3-12(10-19)4-2-11/h1-7,19H,8-10,16H2,(H,18,20). The van der Waals surface area contributed by atoms with Crippen molar-refractivity contribution in [1.29, 1.82) is 0 Å². The van der Waals surface area contributed by atoms with Crippen LogP contribution >= 0.6 is 0 Å². The number of nitrogens with one attached hydrogen (secondary N) is 1. The Hall–Kier alpha value is -2.24. The Morgan fingerprint density at radius 1 is 1.20 bits per heavy atom.